The standard InChI is InChI=1S/C21H22N2O5/c1-27-16-10-9-14(12-17(16)28-15-6-2-3-7-15)21(13-22)11-5-4-8-18(21)23-19(24)20(25)26/h4-5,8-12,15,18H,2-3,6-7H2,1H3,(H,23,24)(H,25,26). The molecule has 2 N–H and O–H groups in total. The summed E-state index contributed by atoms with van der Waals surface area (Å²) in [6.07, 6.45) is 10.9. The molecule has 3 rings (SSSR count). The summed E-state index contributed by atoms with van der Waals surface area (Å²) in [7, 11) is 1.55. The second kappa shape index (κ2) is 8.17. The number of nitrogens with one attached hydrogen (secondary N) is 1. The van der Waals surface area contributed by atoms with Crippen molar-refractivity contribution in [3.8, 4) is 17.6 Å². The number of hydrogen-bond acceptors (Lipinski definition) is 5. The van der Waals surface area contributed by atoms with Crippen molar-refractivity contribution in [1.29, 1.82) is 5.26 Å². The maximum absolute atomic E-state index is 11.7. The van der Waals surface area contributed by atoms with E-state index in [1.54, 1.807) is 49.6 Å². The Kier molecular flexibility index (Phi) is 5.69. The van der Waals surface area contributed by atoms with Crippen molar-refractivity contribution in [2.24, 2.45) is 0 Å². The van der Waals surface area contributed by atoms with Gasteiger partial charge in [-0.2, -0.15) is 5.26 Å². The first kappa shape index (κ1) is 19.5. The van der Waals surface area contributed by atoms with Gasteiger partial charge in [0.05, 0.1) is 25.3 Å². The topological polar surface area (TPSA) is 109 Å². The zero-order chi connectivity index (χ0) is 20.1. The minimum atomic E-state index is -1.60. The molecular weight excluding hydrogens is 360 g/mol. The third-order valence-corrected chi connectivity index (χ3v) is 5.17. The monoisotopic (exact) mass is 382 g/mol. The van der Waals surface area contributed by atoms with Crippen LogP contribution in [0, 0.1) is 11.3 Å². The Bertz CT molecular complexity index is 864. The number of amides is 1. The van der Waals surface area contributed by atoms with Crippen molar-refractivity contribution in [1.82, 2.24) is 5.32 Å². The predicted molar refractivity (Wildman–Crippen MR) is 101 cm³/mol. The Morgan fingerprint density at radius 2 is 2.00 bits per heavy atom. The summed E-state index contributed by atoms with van der Waals surface area (Å²) in [5, 5.41) is 21.3. The van der Waals surface area contributed by atoms with Gasteiger partial charge in [-0.3, -0.25) is 4.79 Å². The number of carboxylic acid groups (broad SMARTS) is 1. The third kappa shape index (κ3) is 3.72. The maximum atomic E-state index is 11.7. The van der Waals surface area contributed by atoms with Crippen LogP contribution in [0.3, 0.4) is 0 Å². The summed E-state index contributed by atoms with van der Waals surface area (Å²) < 4.78 is 11.5. The molecule has 0 radical (unpaired) electrons. The molecule has 1 aromatic rings. The third-order valence-electron chi connectivity index (χ3n) is 5.17. The van der Waals surface area contributed by atoms with E-state index in [9.17, 15) is 14.9 Å². The second-order valence-electron chi connectivity index (χ2n) is 6.87. The van der Waals surface area contributed by atoms with E-state index in [0.29, 0.717) is 17.1 Å². The van der Waals surface area contributed by atoms with E-state index in [2.05, 4.69) is 11.4 Å². The Morgan fingerprint density at radius 3 is 2.64 bits per heavy atom. The minimum Gasteiger partial charge on any atom is -0.493 e. The number of aliphatic carboxylic acids is 1. The quantitative estimate of drug-likeness (QED) is 0.758. The zero-order valence-electron chi connectivity index (χ0n) is 15.6. The van der Waals surface area contributed by atoms with E-state index >= 15 is 0 Å². The average molecular weight is 382 g/mol. The number of benzene rings is 1. The lowest BCUT2D eigenvalue weighted by molar-refractivity contribution is -0.150. The van der Waals surface area contributed by atoms with Crippen LogP contribution >= 0.6 is 0 Å². The van der Waals surface area contributed by atoms with E-state index in [1.165, 1.54) is 0 Å². The van der Waals surface area contributed by atoms with Crippen molar-refractivity contribution in [3.63, 3.8) is 0 Å². The van der Waals surface area contributed by atoms with Gasteiger partial charge >= 0.3 is 11.9 Å². The number of ether oxygens (including phenoxy) is 2. The van der Waals surface area contributed by atoms with E-state index in [1.807, 2.05) is 0 Å². The maximum Gasteiger partial charge on any atom is 0.394 e. The highest BCUT2D eigenvalue weighted by Gasteiger charge is 2.41. The van der Waals surface area contributed by atoms with E-state index < -0.39 is 23.3 Å². The van der Waals surface area contributed by atoms with Crippen LogP contribution in [0.1, 0.15) is 31.2 Å². The fourth-order valence-corrected chi connectivity index (χ4v) is 3.66. The molecule has 0 spiro atoms. The summed E-state index contributed by atoms with van der Waals surface area (Å²) >= 11 is 0. The molecule has 2 unspecified atom stereocenters. The number of carbonyl (C=O) groups is 2. The lowest BCUT2D eigenvalue weighted by Crippen LogP contribution is -2.50. The number of carbonyl (C=O) groups excluding carboxylic acids is 1. The van der Waals surface area contributed by atoms with Gasteiger partial charge in [0.25, 0.3) is 0 Å². The second-order valence-corrected chi connectivity index (χ2v) is 6.87. The minimum absolute atomic E-state index is 0.103. The first-order chi connectivity index (χ1) is 13.5. The van der Waals surface area contributed by atoms with Crippen LogP contribution in [-0.4, -0.2) is 36.2 Å². The van der Waals surface area contributed by atoms with Crippen molar-refractivity contribution < 1.29 is 24.2 Å². The first-order valence-corrected chi connectivity index (χ1v) is 9.16. The molecule has 0 aliphatic heterocycles. The highest BCUT2D eigenvalue weighted by atomic mass is 16.5. The van der Waals surface area contributed by atoms with Gasteiger partial charge in [0, 0.05) is 0 Å². The van der Waals surface area contributed by atoms with E-state index in [4.69, 9.17) is 14.6 Å². The fraction of sp³-hybridized carbons (Fsp3) is 0.381. The van der Waals surface area contributed by atoms with Gasteiger partial charge in [-0.1, -0.05) is 30.4 Å². The Hall–Kier alpha value is -3.27. The molecule has 28 heavy (non-hydrogen) atoms. The van der Waals surface area contributed by atoms with E-state index in [-0.39, 0.29) is 6.10 Å². The lowest BCUT2D eigenvalue weighted by Gasteiger charge is -2.33. The lowest BCUT2D eigenvalue weighted by atomic mass is 9.73. The number of methoxy groups -OCH3 is 1. The molecule has 0 aromatic heterocycles. The molecule has 7 heteroatoms. The number of nitrogens with zero attached hydrogens (tertiary/aromatic N) is 1. The molecule has 2 aliphatic rings. The average Bonchev–Trinajstić information content (AvgIpc) is 3.21. The van der Waals surface area contributed by atoms with Crippen LogP contribution in [0.15, 0.2) is 42.5 Å². The van der Waals surface area contributed by atoms with Gasteiger partial charge in [0.2, 0.25) is 0 Å². The highest BCUT2D eigenvalue weighted by molar-refractivity contribution is 6.31. The number of allylic oxidation sites excluding steroid dienone is 2. The molecule has 1 amide bonds. The van der Waals surface area contributed by atoms with Gasteiger partial charge in [-0.05, 0) is 43.4 Å². The Morgan fingerprint density at radius 1 is 1.25 bits per heavy atom. The smallest absolute Gasteiger partial charge is 0.394 e. The molecule has 1 aromatic carbocycles. The Balaban J connectivity index is 1.98. The molecule has 2 atom stereocenters. The molecule has 7 nitrogen and oxygen atoms in total. The van der Waals surface area contributed by atoms with Crippen molar-refractivity contribution in [3.05, 3.63) is 48.1 Å². The van der Waals surface area contributed by atoms with Crippen LogP contribution in [0.2, 0.25) is 0 Å². The van der Waals surface area contributed by atoms with Crippen LogP contribution in [0.25, 0.3) is 0 Å². The normalized spacial score (nSPS) is 23.8. The molecule has 146 valence electrons. The summed E-state index contributed by atoms with van der Waals surface area (Å²) in [5.74, 6) is -1.67. The van der Waals surface area contributed by atoms with Gasteiger partial charge in [-0.15, -0.1) is 0 Å². The summed E-state index contributed by atoms with van der Waals surface area (Å²) in [5.41, 5.74) is -0.681. The SMILES string of the molecule is COc1ccc(C2(C#N)C=CC=CC2NC(=O)C(=O)O)cc1OC1CCCC1. The van der Waals surface area contributed by atoms with Gasteiger partial charge < -0.3 is 19.9 Å². The summed E-state index contributed by atoms with van der Waals surface area (Å²) in [4.78, 5) is 22.7. The predicted octanol–water partition coefficient (Wildman–Crippen LogP) is 2.47. The van der Waals surface area contributed by atoms with Crippen molar-refractivity contribution in [2.45, 2.75) is 43.2 Å². The Labute approximate surface area is 163 Å². The van der Waals surface area contributed by atoms with Crippen LogP contribution in [0.4, 0.5) is 0 Å². The van der Waals surface area contributed by atoms with Crippen LogP contribution < -0.4 is 14.8 Å². The molecule has 0 saturated heterocycles. The van der Waals surface area contributed by atoms with Crippen LogP contribution in [0.5, 0.6) is 11.5 Å². The molecule has 1 fully saturated rings. The number of hydrogen-bond donors (Lipinski definition) is 2. The first-order valence-electron chi connectivity index (χ1n) is 9.16. The summed E-state index contributed by atoms with van der Waals surface area (Å²) in [6.45, 7) is 0. The number of nitriles is 1. The van der Waals surface area contributed by atoms with Crippen molar-refractivity contribution in [2.75, 3.05) is 7.11 Å². The zero-order valence-corrected chi connectivity index (χ0v) is 15.6. The molecule has 2 aliphatic carbocycles. The summed E-state index contributed by atoms with van der Waals surface area (Å²) in [6, 6.07) is 6.60. The molecule has 1 saturated carbocycles. The highest BCUT2D eigenvalue weighted by Crippen LogP contribution is 2.39. The van der Waals surface area contributed by atoms with Crippen LogP contribution in [-0.2, 0) is 15.0 Å². The number of rotatable bonds is 5. The molecule has 0 bridgehead atoms. The number of carboxylic acids is 1. The van der Waals surface area contributed by atoms with Crippen molar-refractivity contribution >= 4 is 11.9 Å². The largest absolute Gasteiger partial charge is 0.493 e. The fourth-order valence-electron chi connectivity index (χ4n) is 3.66. The van der Waals surface area contributed by atoms with Gasteiger partial charge in [0.15, 0.2) is 11.5 Å². The van der Waals surface area contributed by atoms with E-state index in [0.717, 1.165) is 25.7 Å². The van der Waals surface area contributed by atoms with Gasteiger partial charge in [-0.25, -0.2) is 4.79 Å². The molecular formula is C21H22N2O5. The van der Waals surface area contributed by atoms with Gasteiger partial charge in [0.1, 0.15) is 5.41 Å². The molecule has 0 heterocycles.